The highest BCUT2D eigenvalue weighted by Crippen LogP contribution is 2.45. The molecular weight excluding hydrogens is 478 g/mol. The first-order chi connectivity index (χ1) is 12.6. The van der Waals surface area contributed by atoms with Crippen LogP contribution in [0.3, 0.4) is 0 Å². The van der Waals surface area contributed by atoms with Crippen molar-refractivity contribution in [1.29, 1.82) is 0 Å². The summed E-state index contributed by atoms with van der Waals surface area (Å²) in [7, 11) is 0. The lowest BCUT2D eigenvalue weighted by atomic mass is 9.79. The summed E-state index contributed by atoms with van der Waals surface area (Å²) in [5.41, 5.74) is 1.54. The molecule has 0 unspecified atom stereocenters. The second-order valence-corrected chi connectivity index (χ2v) is 8.83. The maximum Gasteiger partial charge on any atom is 0.412 e. The Morgan fingerprint density at radius 1 is 1.22 bits per heavy atom. The van der Waals surface area contributed by atoms with Crippen LogP contribution in [-0.4, -0.2) is 22.9 Å². The zero-order valence-corrected chi connectivity index (χ0v) is 18.6. The minimum absolute atomic E-state index is 0.00245. The second-order valence-electron chi connectivity index (χ2n) is 7.06. The van der Waals surface area contributed by atoms with Crippen LogP contribution in [0.2, 0.25) is 0 Å². The van der Waals surface area contributed by atoms with Crippen molar-refractivity contribution in [3.63, 3.8) is 0 Å². The van der Waals surface area contributed by atoms with E-state index in [-0.39, 0.29) is 12.4 Å². The summed E-state index contributed by atoms with van der Waals surface area (Å²) >= 11 is 6.71. The first-order valence-corrected chi connectivity index (χ1v) is 10.1. The van der Waals surface area contributed by atoms with E-state index in [9.17, 15) is 15.0 Å². The molecule has 1 amide bonds. The molecule has 5 nitrogen and oxygen atoms in total. The van der Waals surface area contributed by atoms with Gasteiger partial charge in [0.15, 0.2) is 0 Å². The molecule has 0 aliphatic carbocycles. The molecule has 1 atom stereocenters. The second kappa shape index (κ2) is 9.08. The fraction of sp³-hybridized carbons (Fsp3) is 0.350. The van der Waals surface area contributed by atoms with E-state index >= 15 is 0 Å². The van der Waals surface area contributed by atoms with Crippen molar-refractivity contribution in [2.45, 2.75) is 33.3 Å². The van der Waals surface area contributed by atoms with Gasteiger partial charge in [-0.25, -0.2) is 4.79 Å². The van der Waals surface area contributed by atoms with Gasteiger partial charge in [-0.2, -0.15) is 0 Å². The van der Waals surface area contributed by atoms with Gasteiger partial charge >= 0.3 is 6.09 Å². The van der Waals surface area contributed by atoms with Gasteiger partial charge in [0.2, 0.25) is 0 Å². The number of hydrogen-bond donors (Lipinski definition) is 3. The summed E-state index contributed by atoms with van der Waals surface area (Å²) in [6.45, 7) is 5.65. The van der Waals surface area contributed by atoms with Crippen molar-refractivity contribution in [2.75, 3.05) is 11.9 Å². The number of halogens is 2. The molecule has 146 valence electrons. The quantitative estimate of drug-likeness (QED) is 0.459. The number of benzene rings is 2. The Morgan fingerprint density at radius 2 is 1.85 bits per heavy atom. The van der Waals surface area contributed by atoms with Crippen molar-refractivity contribution in [3.8, 4) is 5.75 Å². The maximum absolute atomic E-state index is 12.5. The predicted molar refractivity (Wildman–Crippen MR) is 113 cm³/mol. The number of aliphatic hydroxyl groups excluding tert-OH is 1. The monoisotopic (exact) mass is 499 g/mol. The predicted octanol–water partition coefficient (Wildman–Crippen LogP) is 5.92. The molecule has 2 aromatic rings. The number of carbonyl (C=O) groups is 1. The smallest absolute Gasteiger partial charge is 0.412 e. The zero-order valence-electron chi connectivity index (χ0n) is 15.4. The van der Waals surface area contributed by atoms with Crippen LogP contribution < -0.4 is 5.32 Å². The number of anilines is 1. The molecule has 27 heavy (non-hydrogen) atoms. The number of amides is 1. The van der Waals surface area contributed by atoms with Gasteiger partial charge in [-0.3, -0.25) is 5.32 Å². The molecule has 2 rings (SSSR count). The largest absolute Gasteiger partial charge is 0.506 e. The standard InChI is InChI=1S/C20H23Br2NO4/c1-12-4-6-14(7-5-12)23-19(26)27-18(20(2,3)8-9-24)15-10-13(21)11-16(22)17(15)25/h4-7,10-11,18,24-25H,8-9H2,1-3H3,(H,23,26)/t18-/m0/s1. The molecule has 2 aromatic carbocycles. The van der Waals surface area contributed by atoms with E-state index in [2.05, 4.69) is 37.2 Å². The molecule has 0 saturated carbocycles. The van der Waals surface area contributed by atoms with Crippen LogP contribution in [0.15, 0.2) is 45.3 Å². The molecule has 0 spiro atoms. The topological polar surface area (TPSA) is 78.8 Å². The Kier molecular flexibility index (Phi) is 7.31. The maximum atomic E-state index is 12.5. The van der Waals surface area contributed by atoms with Crippen molar-refractivity contribution < 1.29 is 19.7 Å². The van der Waals surface area contributed by atoms with Crippen molar-refractivity contribution in [3.05, 3.63) is 56.5 Å². The average molecular weight is 501 g/mol. The molecule has 0 saturated heterocycles. The molecule has 0 aliphatic rings. The fourth-order valence-electron chi connectivity index (χ4n) is 2.74. The minimum atomic E-state index is -0.774. The molecule has 7 heteroatoms. The number of aryl methyl sites for hydroxylation is 1. The Hall–Kier alpha value is -1.57. The first kappa shape index (κ1) is 21.7. The van der Waals surface area contributed by atoms with E-state index < -0.39 is 17.6 Å². The molecule has 0 bridgehead atoms. The molecule has 3 N–H and O–H groups in total. The van der Waals surface area contributed by atoms with Gasteiger partial charge in [0.1, 0.15) is 11.9 Å². The average Bonchev–Trinajstić information content (AvgIpc) is 2.58. The van der Waals surface area contributed by atoms with Crippen LogP contribution >= 0.6 is 31.9 Å². The number of aliphatic hydroxyl groups is 1. The normalized spacial score (nSPS) is 12.5. The highest BCUT2D eigenvalue weighted by molar-refractivity contribution is 9.11. The number of nitrogens with one attached hydrogen (secondary N) is 1. The minimum Gasteiger partial charge on any atom is -0.506 e. The van der Waals surface area contributed by atoms with Gasteiger partial charge in [0, 0.05) is 27.7 Å². The number of carbonyl (C=O) groups excluding carboxylic acids is 1. The Labute approximate surface area is 176 Å². The van der Waals surface area contributed by atoms with Gasteiger partial charge in [-0.05, 0) is 53.5 Å². The lowest BCUT2D eigenvalue weighted by Crippen LogP contribution is -2.30. The Bertz CT molecular complexity index is 806. The number of aromatic hydroxyl groups is 1. The van der Waals surface area contributed by atoms with Crippen molar-refractivity contribution >= 4 is 43.6 Å². The van der Waals surface area contributed by atoms with Crippen LogP contribution in [0, 0.1) is 12.3 Å². The molecule has 0 heterocycles. The van der Waals surface area contributed by atoms with Crippen molar-refractivity contribution in [2.24, 2.45) is 5.41 Å². The van der Waals surface area contributed by atoms with Crippen molar-refractivity contribution in [1.82, 2.24) is 0 Å². The Balaban J connectivity index is 2.33. The van der Waals surface area contributed by atoms with E-state index in [1.54, 1.807) is 24.3 Å². The lowest BCUT2D eigenvalue weighted by Gasteiger charge is -2.34. The summed E-state index contributed by atoms with van der Waals surface area (Å²) in [6.07, 6.45) is -1.02. The van der Waals surface area contributed by atoms with Gasteiger partial charge in [-0.15, -0.1) is 0 Å². The summed E-state index contributed by atoms with van der Waals surface area (Å²) in [5, 5.41) is 22.7. The van der Waals surface area contributed by atoms with E-state index in [4.69, 9.17) is 4.74 Å². The third-order valence-electron chi connectivity index (χ3n) is 4.33. The molecule has 0 aliphatic heterocycles. The number of rotatable bonds is 6. The number of hydrogen-bond acceptors (Lipinski definition) is 4. The van der Waals surface area contributed by atoms with Gasteiger partial charge in [0.25, 0.3) is 0 Å². The first-order valence-electron chi connectivity index (χ1n) is 8.47. The lowest BCUT2D eigenvalue weighted by molar-refractivity contribution is 0.0138. The number of ether oxygens (including phenoxy) is 1. The van der Waals surface area contributed by atoms with Gasteiger partial charge < -0.3 is 14.9 Å². The third-order valence-corrected chi connectivity index (χ3v) is 5.39. The highest BCUT2D eigenvalue weighted by Gasteiger charge is 2.36. The highest BCUT2D eigenvalue weighted by atomic mass is 79.9. The molecule has 0 fully saturated rings. The summed E-state index contributed by atoms with van der Waals surface area (Å²) in [6, 6.07) is 10.8. The zero-order chi connectivity index (χ0) is 20.2. The molecular formula is C20H23Br2NO4. The molecule has 0 radical (unpaired) electrons. The van der Waals surface area contributed by atoms with Crippen LogP contribution in [0.5, 0.6) is 5.75 Å². The fourth-order valence-corrected chi connectivity index (χ4v) is 4.00. The van der Waals surface area contributed by atoms with Gasteiger partial charge in [-0.1, -0.05) is 47.5 Å². The van der Waals surface area contributed by atoms with Crippen LogP contribution in [0.1, 0.15) is 37.5 Å². The van der Waals surface area contributed by atoms with Gasteiger partial charge in [0.05, 0.1) is 4.47 Å². The third kappa shape index (κ3) is 5.70. The summed E-state index contributed by atoms with van der Waals surface area (Å²) < 4.78 is 6.93. The van der Waals surface area contributed by atoms with E-state index in [0.29, 0.717) is 22.1 Å². The van der Waals surface area contributed by atoms with Crippen LogP contribution in [0.4, 0.5) is 10.5 Å². The van der Waals surface area contributed by atoms with E-state index in [1.807, 2.05) is 32.9 Å². The Morgan fingerprint density at radius 3 is 2.44 bits per heavy atom. The van der Waals surface area contributed by atoms with Crippen LogP contribution in [-0.2, 0) is 4.74 Å². The summed E-state index contributed by atoms with van der Waals surface area (Å²) in [5.74, 6) is -0.00245. The van der Waals surface area contributed by atoms with Crippen LogP contribution in [0.25, 0.3) is 0 Å². The van der Waals surface area contributed by atoms with E-state index in [0.717, 1.165) is 10.0 Å². The number of phenolic OH excluding ortho intramolecular Hbond substituents is 1. The summed E-state index contributed by atoms with van der Waals surface area (Å²) in [4.78, 5) is 12.5. The SMILES string of the molecule is Cc1ccc(NC(=O)O[C@@H](c2cc(Br)cc(Br)c2O)C(C)(C)CCO)cc1. The number of phenols is 1. The molecule has 0 aromatic heterocycles. The van der Waals surface area contributed by atoms with E-state index in [1.165, 1.54) is 0 Å².